The van der Waals surface area contributed by atoms with Gasteiger partial charge in [-0.2, -0.15) is 0 Å². The number of hydrogen-bond donors (Lipinski definition) is 6. The number of nitrogens with one attached hydrogen (secondary N) is 5. The summed E-state index contributed by atoms with van der Waals surface area (Å²) in [4.78, 5) is 10.9. The Hall–Kier alpha value is -1.52. The minimum absolute atomic E-state index is 0.168. The predicted molar refractivity (Wildman–Crippen MR) is 64.1 cm³/mol. The zero-order valence-corrected chi connectivity index (χ0v) is 9.93. The summed E-state index contributed by atoms with van der Waals surface area (Å²) in [6.07, 6.45) is -1.09. The summed E-state index contributed by atoms with van der Waals surface area (Å²) in [5.74, 6) is 0.295. The molecule has 0 spiro atoms. The number of hydrogen-bond acceptors (Lipinski definition) is 8. The number of ether oxygens (including phenoxy) is 1. The van der Waals surface area contributed by atoms with Gasteiger partial charge in [-0.1, -0.05) is 6.92 Å². The Morgan fingerprint density at radius 3 is 2.94 bits per heavy atom. The second-order valence-electron chi connectivity index (χ2n) is 3.73. The molecule has 0 amide bonds. The van der Waals surface area contributed by atoms with Crippen LogP contribution in [-0.4, -0.2) is 35.7 Å². The van der Waals surface area contributed by atoms with Crippen LogP contribution < -0.4 is 37.3 Å². The highest BCUT2D eigenvalue weighted by atomic mass is 16.5. The zero-order valence-electron chi connectivity index (χ0n) is 9.93. The molecule has 0 bridgehead atoms. The van der Waals surface area contributed by atoms with Gasteiger partial charge >= 0.3 is 0 Å². The quantitative estimate of drug-likeness (QED) is 0.344. The van der Waals surface area contributed by atoms with E-state index in [4.69, 9.17) is 10.5 Å². The summed E-state index contributed by atoms with van der Waals surface area (Å²) in [5, 5.41) is 18.2. The largest absolute Gasteiger partial charge is 0.444 e. The van der Waals surface area contributed by atoms with E-state index in [9.17, 15) is 4.79 Å². The molecular formula is C9H17N7O2. The van der Waals surface area contributed by atoms with Gasteiger partial charge in [-0.25, -0.2) is 15.7 Å². The Morgan fingerprint density at radius 1 is 1.44 bits per heavy atom. The normalized spacial score (nSPS) is 28.0. The lowest BCUT2D eigenvalue weighted by Gasteiger charge is -2.36. The topological polar surface area (TPSA) is 129 Å². The number of aromatic nitrogens is 2. The Morgan fingerprint density at radius 2 is 2.28 bits per heavy atom. The van der Waals surface area contributed by atoms with E-state index in [1.807, 2.05) is 6.92 Å². The van der Waals surface area contributed by atoms with E-state index >= 15 is 0 Å². The van der Waals surface area contributed by atoms with E-state index in [1.54, 1.807) is 0 Å². The van der Waals surface area contributed by atoms with Gasteiger partial charge in [-0.3, -0.25) is 15.4 Å². The molecule has 100 valence electrons. The van der Waals surface area contributed by atoms with Gasteiger partial charge in [0.05, 0.1) is 0 Å². The summed E-state index contributed by atoms with van der Waals surface area (Å²) in [7, 11) is 0. The molecule has 0 unspecified atom stereocenters. The lowest BCUT2D eigenvalue weighted by molar-refractivity contribution is 0.0365. The highest BCUT2D eigenvalue weighted by Crippen LogP contribution is 2.02. The fourth-order valence-corrected chi connectivity index (χ4v) is 1.55. The molecule has 1 aromatic rings. The molecule has 1 saturated heterocycles. The summed E-state index contributed by atoms with van der Waals surface area (Å²) in [5.41, 5.74) is 5.48. The van der Waals surface area contributed by atoms with Crippen molar-refractivity contribution in [3.63, 3.8) is 0 Å². The fourth-order valence-electron chi connectivity index (χ4n) is 1.55. The minimum atomic E-state index is -0.510. The second-order valence-corrected chi connectivity index (χ2v) is 3.73. The smallest absolute Gasteiger partial charge is 0.264 e. The molecule has 3 atom stereocenters. The van der Waals surface area contributed by atoms with Crippen LogP contribution in [0.4, 0.5) is 0 Å². The van der Waals surface area contributed by atoms with Crippen molar-refractivity contribution in [2.75, 3.05) is 6.54 Å². The summed E-state index contributed by atoms with van der Waals surface area (Å²) < 4.78 is 5.49. The van der Waals surface area contributed by atoms with Gasteiger partial charge in [0.1, 0.15) is 12.6 Å². The van der Waals surface area contributed by atoms with Crippen LogP contribution in [0, 0.1) is 0 Å². The van der Waals surface area contributed by atoms with Crippen molar-refractivity contribution in [2.24, 2.45) is 5.73 Å². The van der Waals surface area contributed by atoms with E-state index in [2.05, 4.69) is 31.5 Å². The summed E-state index contributed by atoms with van der Waals surface area (Å²) in [6, 6.07) is 2.82. The number of H-pyrrole nitrogens is 1. The molecule has 9 heteroatoms. The third-order valence-electron chi connectivity index (χ3n) is 2.30. The van der Waals surface area contributed by atoms with Crippen molar-refractivity contribution in [1.82, 2.24) is 31.5 Å². The summed E-state index contributed by atoms with van der Waals surface area (Å²) >= 11 is 0. The van der Waals surface area contributed by atoms with Crippen LogP contribution in [0.1, 0.15) is 6.92 Å². The monoisotopic (exact) mass is 255 g/mol. The highest BCUT2D eigenvalue weighted by Gasteiger charge is 2.25. The van der Waals surface area contributed by atoms with Crippen LogP contribution >= 0.6 is 0 Å². The molecule has 2 rings (SSSR count). The van der Waals surface area contributed by atoms with Gasteiger partial charge in [-0.15, -0.1) is 5.10 Å². The van der Waals surface area contributed by atoms with E-state index in [0.717, 1.165) is 6.54 Å². The van der Waals surface area contributed by atoms with Crippen LogP contribution in [-0.2, 0) is 0 Å². The molecular weight excluding hydrogens is 238 g/mol. The first-order valence-electron chi connectivity index (χ1n) is 5.67. The maximum atomic E-state index is 10.9. The number of nitrogens with two attached hydrogens (primary N) is 1. The first-order chi connectivity index (χ1) is 8.67. The lowest BCUT2D eigenvalue weighted by Crippen LogP contribution is -2.74. The van der Waals surface area contributed by atoms with Gasteiger partial charge in [0, 0.05) is 12.1 Å². The zero-order chi connectivity index (χ0) is 13.0. The van der Waals surface area contributed by atoms with Crippen molar-refractivity contribution >= 4 is 0 Å². The fraction of sp³-hybridized carbons (Fsp3) is 0.556. The molecule has 2 heterocycles. The first kappa shape index (κ1) is 12.9. The van der Waals surface area contributed by atoms with Crippen molar-refractivity contribution in [3.05, 3.63) is 22.5 Å². The molecule has 0 aliphatic carbocycles. The van der Waals surface area contributed by atoms with E-state index in [-0.39, 0.29) is 11.8 Å². The molecule has 0 radical (unpaired) electrons. The molecule has 1 fully saturated rings. The Bertz CT molecular complexity index is 417. The number of aromatic amines is 1. The lowest BCUT2D eigenvalue weighted by atomic mass is 10.5. The second kappa shape index (κ2) is 5.89. The van der Waals surface area contributed by atoms with Crippen LogP contribution in [0.3, 0.4) is 0 Å². The molecule has 1 aromatic heterocycles. The molecule has 7 N–H and O–H groups in total. The van der Waals surface area contributed by atoms with E-state index in [0.29, 0.717) is 5.88 Å². The van der Waals surface area contributed by atoms with Crippen molar-refractivity contribution in [3.8, 4) is 5.88 Å². The molecule has 9 nitrogen and oxygen atoms in total. The molecule has 1 aliphatic rings. The van der Waals surface area contributed by atoms with Crippen molar-refractivity contribution in [2.45, 2.75) is 25.9 Å². The van der Waals surface area contributed by atoms with Gasteiger partial charge in [-0.05, 0) is 6.54 Å². The van der Waals surface area contributed by atoms with Crippen LogP contribution in [0.25, 0.3) is 0 Å². The molecule has 1 aliphatic heterocycles. The third-order valence-corrected chi connectivity index (χ3v) is 2.30. The van der Waals surface area contributed by atoms with Crippen LogP contribution in [0.5, 0.6) is 5.88 Å². The average molecular weight is 255 g/mol. The first-order valence-corrected chi connectivity index (χ1v) is 5.67. The minimum Gasteiger partial charge on any atom is -0.444 e. The SMILES string of the molecule is CCN[C@@H]1N[C@@H](N)N[C@@H](Oc2ccc(=O)[nH]n2)N1. The molecule has 18 heavy (non-hydrogen) atoms. The van der Waals surface area contributed by atoms with Crippen LogP contribution in [0.15, 0.2) is 16.9 Å². The third kappa shape index (κ3) is 3.48. The standard InChI is InChI=1S/C9H17N7O2/c1-2-11-8-12-7(10)13-9(14-8)18-6-4-3-5(17)15-16-6/h3-4,7-9,11-14H,2,10H2,1H3,(H,15,17)/t7-,8-,9-/m1/s1. The number of nitrogens with zero attached hydrogens (tertiary/aromatic N) is 1. The van der Waals surface area contributed by atoms with Gasteiger partial charge < -0.3 is 10.5 Å². The maximum absolute atomic E-state index is 10.9. The Labute approximate surface area is 103 Å². The van der Waals surface area contributed by atoms with Crippen LogP contribution in [0.2, 0.25) is 0 Å². The van der Waals surface area contributed by atoms with Gasteiger partial charge in [0.15, 0.2) is 0 Å². The summed E-state index contributed by atoms with van der Waals surface area (Å²) in [6.45, 7) is 2.76. The van der Waals surface area contributed by atoms with E-state index < -0.39 is 12.6 Å². The Balaban J connectivity index is 1.95. The van der Waals surface area contributed by atoms with E-state index in [1.165, 1.54) is 12.1 Å². The highest BCUT2D eigenvalue weighted by molar-refractivity contribution is 5.06. The number of rotatable bonds is 4. The molecule has 0 saturated carbocycles. The molecule has 0 aromatic carbocycles. The Kier molecular flexibility index (Phi) is 4.23. The average Bonchev–Trinajstić information content (AvgIpc) is 2.32. The van der Waals surface area contributed by atoms with Crippen molar-refractivity contribution in [1.29, 1.82) is 0 Å². The maximum Gasteiger partial charge on any atom is 0.264 e. The van der Waals surface area contributed by atoms with Gasteiger partial charge in [0.2, 0.25) is 12.2 Å². The van der Waals surface area contributed by atoms with Crippen molar-refractivity contribution < 1.29 is 4.74 Å². The van der Waals surface area contributed by atoms with Gasteiger partial charge in [0.25, 0.3) is 5.56 Å². The predicted octanol–water partition coefficient (Wildman–Crippen LogP) is -2.65.